The van der Waals surface area contributed by atoms with Crippen LogP contribution in [-0.2, 0) is 56.0 Å². The molecular formula is C49H25BF24N2O3. The molecule has 7 rings (SSSR count). The Hall–Kier alpha value is -7.82. The zero-order valence-corrected chi connectivity index (χ0v) is 38.3. The lowest BCUT2D eigenvalue weighted by Crippen LogP contribution is -2.75. The quantitative estimate of drug-likeness (QED) is 0.0380. The van der Waals surface area contributed by atoms with Gasteiger partial charge in [0.25, 0.3) is 5.69 Å². The second-order valence-electron chi connectivity index (χ2n) is 17.1. The average Bonchev–Trinajstić information content (AvgIpc) is 3.52. The summed E-state index contributed by atoms with van der Waals surface area (Å²) in [7, 11) is 0. The number of Topliss-reactive ketones (excluding diaryl/α,β-unsaturated/α-hetero) is 1. The highest BCUT2D eigenvalue weighted by Gasteiger charge is 2.47. The maximum Gasteiger partial charge on any atom is 0.416 e. The van der Waals surface area contributed by atoms with Crippen LogP contribution in [0.2, 0.25) is 0 Å². The number of aromatic nitrogens is 1. The molecule has 30 heteroatoms. The molecular weight excluding hydrogens is 1130 g/mol. The molecule has 0 aliphatic carbocycles. The van der Waals surface area contributed by atoms with E-state index in [9.17, 15) is 120 Å². The number of nitro groups is 1. The molecule has 0 amide bonds. The van der Waals surface area contributed by atoms with Gasteiger partial charge in [0.15, 0.2) is 6.20 Å². The molecule has 1 heterocycles. The van der Waals surface area contributed by atoms with Crippen LogP contribution in [-0.4, -0.2) is 16.9 Å². The lowest BCUT2D eigenvalue weighted by molar-refractivity contribution is -0.657. The summed E-state index contributed by atoms with van der Waals surface area (Å²) in [6, 6.07) is 8.47. The summed E-state index contributed by atoms with van der Waals surface area (Å²) < 4.78 is 343. The van der Waals surface area contributed by atoms with Gasteiger partial charge in [-0.1, -0.05) is 78.9 Å². The number of alkyl halides is 24. The Labute approximate surface area is 425 Å². The fourth-order valence-corrected chi connectivity index (χ4v) is 8.46. The van der Waals surface area contributed by atoms with Gasteiger partial charge in [-0.3, -0.25) is 14.9 Å². The van der Waals surface area contributed by atoms with Crippen molar-refractivity contribution in [1.82, 2.24) is 0 Å². The van der Waals surface area contributed by atoms with Crippen molar-refractivity contribution >= 4 is 50.4 Å². The number of benzene rings is 6. The summed E-state index contributed by atoms with van der Waals surface area (Å²) in [5, 5.41) is 11.6. The number of carbonyl (C=O) groups excluding carboxylic acids is 1. The van der Waals surface area contributed by atoms with E-state index in [2.05, 4.69) is 0 Å². The van der Waals surface area contributed by atoms with E-state index in [4.69, 9.17) is 0 Å². The maximum atomic E-state index is 14.2. The first kappa shape index (κ1) is 60.4. The smallest absolute Gasteiger partial charge is 0.287 e. The van der Waals surface area contributed by atoms with Crippen molar-refractivity contribution in [3.8, 4) is 0 Å². The van der Waals surface area contributed by atoms with Crippen LogP contribution >= 0.6 is 0 Å². The minimum Gasteiger partial charge on any atom is -0.287 e. The van der Waals surface area contributed by atoms with Crippen LogP contribution in [0.15, 0.2) is 140 Å². The number of rotatable bonds is 8. The molecule has 5 nitrogen and oxygen atoms in total. The molecule has 6 aromatic carbocycles. The topological polar surface area (TPSA) is 64.1 Å². The highest BCUT2D eigenvalue weighted by Crippen LogP contribution is 2.41. The fraction of sp³-hybridized carbons (Fsp3) is 0.184. The predicted molar refractivity (Wildman–Crippen MR) is 232 cm³/mol. The first-order chi connectivity index (χ1) is 35.9. The molecule has 0 spiro atoms. The van der Waals surface area contributed by atoms with Gasteiger partial charge in [0, 0.05) is 29.8 Å². The number of fused-ring (bicyclic) bond motifs is 1. The van der Waals surface area contributed by atoms with Gasteiger partial charge in [-0.05, 0) is 30.3 Å². The Balaban J connectivity index is 0.000000378. The summed E-state index contributed by atoms with van der Waals surface area (Å²) in [4.78, 5) is 22.7. The molecule has 0 aliphatic heterocycles. The number of nitrogens with zero attached hydrogens (tertiary/aromatic N) is 2. The average molecular weight is 1160 g/mol. The molecule has 0 atom stereocenters. The van der Waals surface area contributed by atoms with E-state index in [1.54, 1.807) is 41.1 Å². The van der Waals surface area contributed by atoms with Crippen LogP contribution < -0.4 is 26.4 Å². The molecule has 1 aromatic heterocycles. The second kappa shape index (κ2) is 20.8. The number of hydrogen-bond donors (Lipinski definition) is 0. The van der Waals surface area contributed by atoms with Crippen LogP contribution in [0.4, 0.5) is 111 Å². The van der Waals surface area contributed by atoms with Gasteiger partial charge >= 0.3 is 49.4 Å². The maximum absolute atomic E-state index is 14.2. The molecule has 0 bridgehead atoms. The molecule has 0 fully saturated rings. The van der Waals surface area contributed by atoms with Gasteiger partial charge in [-0.2, -0.15) is 132 Å². The van der Waals surface area contributed by atoms with E-state index in [0.29, 0.717) is 5.56 Å². The molecule has 0 saturated carbocycles. The minimum absolute atomic E-state index is 0.00328. The van der Waals surface area contributed by atoms with Gasteiger partial charge in [-0.25, -0.2) is 0 Å². The van der Waals surface area contributed by atoms with Crippen molar-refractivity contribution in [2.24, 2.45) is 0 Å². The minimum atomic E-state index is -6.13. The van der Waals surface area contributed by atoms with Crippen molar-refractivity contribution in [3.63, 3.8) is 0 Å². The third-order valence-electron chi connectivity index (χ3n) is 11.9. The monoisotopic (exact) mass is 1160 g/mol. The number of hydrogen-bond acceptors (Lipinski definition) is 3. The number of carbonyl (C=O) groups is 1. The van der Waals surface area contributed by atoms with Gasteiger partial charge in [0.05, 0.1) is 54.8 Å². The normalized spacial score (nSPS) is 13.3. The van der Waals surface area contributed by atoms with E-state index < -0.39 is 200 Å². The van der Waals surface area contributed by atoms with Crippen LogP contribution in [0.5, 0.6) is 0 Å². The lowest BCUT2D eigenvalue weighted by Gasteiger charge is -2.46. The highest BCUT2D eigenvalue weighted by atomic mass is 19.4. The molecule has 0 radical (unpaired) electrons. The van der Waals surface area contributed by atoms with E-state index >= 15 is 0 Å². The third kappa shape index (κ3) is 13.5. The Kier molecular flexibility index (Phi) is 15.9. The number of pyridine rings is 1. The van der Waals surface area contributed by atoms with E-state index in [1.165, 1.54) is 12.1 Å². The number of nitro benzene ring substituents is 1. The Morgan fingerprint density at radius 3 is 0.949 bits per heavy atom. The molecule has 79 heavy (non-hydrogen) atoms. The van der Waals surface area contributed by atoms with Crippen molar-refractivity contribution in [2.45, 2.75) is 56.0 Å². The summed E-state index contributed by atoms with van der Waals surface area (Å²) in [6.07, 6.45) is -53.0. The van der Waals surface area contributed by atoms with Gasteiger partial charge in [0.1, 0.15) is 6.15 Å². The van der Waals surface area contributed by atoms with Gasteiger partial charge in [0.2, 0.25) is 17.8 Å². The van der Waals surface area contributed by atoms with Crippen LogP contribution in [0.1, 0.15) is 54.9 Å². The standard InChI is InChI=1S/C32H12BF24.C17H13N2O3/c34-25(35,36)13-1-14(26(37,38)39)6-21(5-13)33(22-7-15(27(40,41)42)2-16(8-22)28(43,44)45,23-9-17(29(46,47)48)3-18(10-23)30(49,50)51)24-11-19(31(52,53)54)4-20(12-24)32(55,56)57;20-17(13-5-2-1-3-6-13)12-18-10-4-7-14-11-15(19(21)22)8-9-16(14)18/h1-12H;1-11H,12H2/q-1;+1. The van der Waals surface area contributed by atoms with Crippen molar-refractivity contribution < 1.29 is 120 Å². The van der Waals surface area contributed by atoms with Crippen LogP contribution in [0, 0.1) is 10.1 Å². The lowest BCUT2D eigenvalue weighted by atomic mass is 9.12. The molecule has 0 N–H and O–H groups in total. The Bertz CT molecular complexity index is 2990. The molecule has 7 aromatic rings. The summed E-state index contributed by atoms with van der Waals surface area (Å²) in [6.45, 7) is 0.194. The summed E-state index contributed by atoms with van der Waals surface area (Å²) >= 11 is 0. The van der Waals surface area contributed by atoms with E-state index in [1.807, 2.05) is 18.2 Å². The zero-order valence-electron chi connectivity index (χ0n) is 38.3. The highest BCUT2D eigenvalue weighted by molar-refractivity contribution is 7.20. The molecule has 0 aliphatic rings. The van der Waals surface area contributed by atoms with Crippen molar-refractivity contribution in [3.05, 3.63) is 200 Å². The largest absolute Gasteiger partial charge is 0.416 e. The molecule has 0 unspecified atom stereocenters. The summed E-state index contributed by atoms with van der Waals surface area (Å²) in [5.74, 6) is -0.00328. The van der Waals surface area contributed by atoms with Gasteiger partial charge in [-0.15, -0.1) is 0 Å². The van der Waals surface area contributed by atoms with Crippen molar-refractivity contribution in [2.75, 3.05) is 0 Å². The number of halogens is 24. The molecule has 420 valence electrons. The number of ketones is 1. The van der Waals surface area contributed by atoms with E-state index in [-0.39, 0.29) is 18.0 Å². The second-order valence-corrected chi connectivity index (χ2v) is 17.1. The molecule has 0 saturated heterocycles. The number of non-ortho nitro benzene ring substituents is 1. The SMILES string of the molecule is FC(F)(F)c1cc([B-](c2cc(C(F)(F)F)cc(C(F)(F)F)c2)(c2cc(C(F)(F)F)cc(C(F)(F)F)c2)c2cc(C(F)(F)F)cc(C(F)(F)F)c2)cc(C(F)(F)F)c1.O=C(C[n+]1cccc2cc([N+](=O)[O-])ccc21)c1ccccc1. The van der Waals surface area contributed by atoms with Crippen LogP contribution in [0.25, 0.3) is 10.9 Å². The Morgan fingerprint density at radius 1 is 0.392 bits per heavy atom. The first-order valence-electron chi connectivity index (χ1n) is 21.4. The fourth-order valence-electron chi connectivity index (χ4n) is 8.46. The third-order valence-corrected chi connectivity index (χ3v) is 11.9. The Morgan fingerprint density at radius 2 is 0.684 bits per heavy atom. The van der Waals surface area contributed by atoms with Crippen molar-refractivity contribution in [1.29, 1.82) is 0 Å². The van der Waals surface area contributed by atoms with Gasteiger partial charge < -0.3 is 0 Å². The predicted octanol–water partition coefficient (Wildman–Crippen LogP) is 14.1. The first-order valence-corrected chi connectivity index (χ1v) is 21.4. The zero-order chi connectivity index (χ0) is 59.4. The van der Waals surface area contributed by atoms with E-state index in [0.717, 1.165) is 10.9 Å². The van der Waals surface area contributed by atoms with Crippen LogP contribution in [0.3, 0.4) is 0 Å². The summed E-state index contributed by atoms with van der Waals surface area (Å²) in [5.41, 5.74) is -28.7.